The molecule has 0 amide bonds. The number of hydrogen-bond acceptors (Lipinski definition) is 3. The number of aromatic hydroxyl groups is 1. The van der Waals surface area contributed by atoms with Gasteiger partial charge in [0.25, 0.3) is 0 Å². The average Bonchev–Trinajstić information content (AvgIpc) is 2.09. The Labute approximate surface area is 77.1 Å². The zero-order chi connectivity index (χ0) is 8.81. The summed E-state index contributed by atoms with van der Waals surface area (Å²) in [6.45, 7) is 0. The van der Waals surface area contributed by atoms with Crippen molar-refractivity contribution >= 4 is 12.6 Å². The second kappa shape index (κ2) is 4.68. The Morgan fingerprint density at radius 3 is 2.92 bits per heavy atom. The molecule has 0 atom stereocenters. The number of hydrogen-bond donors (Lipinski definition) is 2. The van der Waals surface area contributed by atoms with Gasteiger partial charge in [-0.2, -0.15) is 12.6 Å². The predicted octanol–water partition coefficient (Wildman–Crippen LogP) is 1.46. The van der Waals surface area contributed by atoms with Gasteiger partial charge in [0, 0.05) is 12.2 Å². The monoisotopic (exact) mass is 179 g/mol. The second-order valence-electron chi connectivity index (χ2n) is 2.18. The molecule has 0 bridgehead atoms. The Bertz CT molecular complexity index is 297. The molecule has 1 N–H and O–H groups in total. The van der Waals surface area contributed by atoms with Crippen molar-refractivity contribution in [1.82, 2.24) is 4.98 Å². The maximum Gasteiger partial charge on any atom is 0.133 e. The summed E-state index contributed by atoms with van der Waals surface area (Å²) in [6.07, 6.45) is 2.14. The molecule has 12 heavy (non-hydrogen) atoms. The third-order valence-corrected chi connectivity index (χ3v) is 1.42. The highest BCUT2D eigenvalue weighted by Gasteiger charge is 1.87. The van der Waals surface area contributed by atoms with Crippen LogP contribution < -0.4 is 0 Å². The molecule has 1 aromatic rings. The molecule has 62 valence electrons. The van der Waals surface area contributed by atoms with Crippen molar-refractivity contribution in [2.24, 2.45) is 0 Å². The van der Waals surface area contributed by atoms with Crippen molar-refractivity contribution in [3.05, 3.63) is 24.0 Å². The molecule has 0 saturated carbocycles. The van der Waals surface area contributed by atoms with Gasteiger partial charge in [-0.15, -0.1) is 0 Å². The van der Waals surface area contributed by atoms with E-state index < -0.39 is 0 Å². The summed E-state index contributed by atoms with van der Waals surface area (Å²) in [5.74, 6) is 6.67. The molecule has 2 nitrogen and oxygen atoms in total. The van der Waals surface area contributed by atoms with Crippen molar-refractivity contribution < 1.29 is 5.11 Å². The molecule has 0 radical (unpaired) electrons. The van der Waals surface area contributed by atoms with E-state index in [0.29, 0.717) is 5.69 Å². The average molecular weight is 179 g/mol. The van der Waals surface area contributed by atoms with E-state index in [4.69, 9.17) is 5.11 Å². The first kappa shape index (κ1) is 8.95. The molecule has 0 unspecified atom stereocenters. The molecule has 0 aliphatic carbocycles. The van der Waals surface area contributed by atoms with E-state index in [9.17, 15) is 0 Å². The quantitative estimate of drug-likeness (QED) is 0.505. The number of rotatable bonds is 1. The standard InChI is InChI=1S/C9H9NOS/c11-9-5-4-8(10-7-9)3-1-2-6-12/h4-5,7,11-12H,2,6H2. The maximum atomic E-state index is 8.91. The topological polar surface area (TPSA) is 33.1 Å². The van der Waals surface area contributed by atoms with Crippen LogP contribution in [0.25, 0.3) is 0 Å². The van der Waals surface area contributed by atoms with Gasteiger partial charge >= 0.3 is 0 Å². The van der Waals surface area contributed by atoms with Gasteiger partial charge in [-0.1, -0.05) is 5.92 Å². The van der Waals surface area contributed by atoms with Crippen molar-refractivity contribution in [2.75, 3.05) is 5.75 Å². The van der Waals surface area contributed by atoms with Gasteiger partial charge in [-0.3, -0.25) is 0 Å². The molecule has 3 heteroatoms. The largest absolute Gasteiger partial charge is 0.506 e. The molecule has 0 fully saturated rings. The fourth-order valence-electron chi connectivity index (χ4n) is 0.669. The fourth-order valence-corrected chi connectivity index (χ4v) is 0.781. The first-order valence-corrected chi connectivity index (χ1v) is 4.21. The lowest BCUT2D eigenvalue weighted by atomic mass is 10.3. The fraction of sp³-hybridized carbons (Fsp3) is 0.222. The molecule has 0 aliphatic rings. The Balaban J connectivity index is 2.66. The minimum Gasteiger partial charge on any atom is -0.506 e. The summed E-state index contributed by atoms with van der Waals surface area (Å²) in [4.78, 5) is 3.90. The van der Waals surface area contributed by atoms with Gasteiger partial charge < -0.3 is 5.11 Å². The molecule has 0 saturated heterocycles. The van der Waals surface area contributed by atoms with E-state index in [0.717, 1.165) is 12.2 Å². The van der Waals surface area contributed by atoms with Crippen LogP contribution in [0.2, 0.25) is 0 Å². The second-order valence-corrected chi connectivity index (χ2v) is 2.62. The molecular weight excluding hydrogens is 170 g/mol. The van der Waals surface area contributed by atoms with Crippen LogP contribution >= 0.6 is 12.6 Å². The Morgan fingerprint density at radius 1 is 1.50 bits per heavy atom. The normalized spacial score (nSPS) is 8.75. The lowest BCUT2D eigenvalue weighted by Crippen LogP contribution is -1.79. The predicted molar refractivity (Wildman–Crippen MR) is 51.2 cm³/mol. The van der Waals surface area contributed by atoms with Crippen molar-refractivity contribution in [3.8, 4) is 17.6 Å². The summed E-state index contributed by atoms with van der Waals surface area (Å²) >= 11 is 4.02. The van der Waals surface area contributed by atoms with E-state index in [1.165, 1.54) is 6.20 Å². The van der Waals surface area contributed by atoms with E-state index in [1.807, 2.05) is 0 Å². The van der Waals surface area contributed by atoms with Crippen molar-refractivity contribution in [1.29, 1.82) is 0 Å². The van der Waals surface area contributed by atoms with Crippen molar-refractivity contribution in [2.45, 2.75) is 6.42 Å². The van der Waals surface area contributed by atoms with Crippen LogP contribution in [0.15, 0.2) is 18.3 Å². The highest BCUT2D eigenvalue weighted by atomic mass is 32.1. The lowest BCUT2D eigenvalue weighted by molar-refractivity contribution is 0.472. The van der Waals surface area contributed by atoms with Gasteiger partial charge in [0.15, 0.2) is 0 Å². The summed E-state index contributed by atoms with van der Waals surface area (Å²) in [6, 6.07) is 3.25. The van der Waals surface area contributed by atoms with Crippen molar-refractivity contribution in [3.63, 3.8) is 0 Å². The minimum absolute atomic E-state index is 0.162. The first-order chi connectivity index (χ1) is 5.83. The van der Waals surface area contributed by atoms with Crippen LogP contribution in [-0.4, -0.2) is 15.8 Å². The van der Waals surface area contributed by atoms with Gasteiger partial charge in [-0.05, 0) is 18.1 Å². The van der Waals surface area contributed by atoms with E-state index in [2.05, 4.69) is 29.5 Å². The maximum absolute atomic E-state index is 8.91. The molecular formula is C9H9NOS. The molecule has 1 rings (SSSR count). The zero-order valence-electron chi connectivity index (χ0n) is 6.49. The van der Waals surface area contributed by atoms with E-state index >= 15 is 0 Å². The lowest BCUT2D eigenvalue weighted by Gasteiger charge is -1.89. The number of nitrogens with zero attached hydrogens (tertiary/aromatic N) is 1. The first-order valence-electron chi connectivity index (χ1n) is 3.57. The zero-order valence-corrected chi connectivity index (χ0v) is 7.38. The number of aromatic nitrogens is 1. The molecule has 0 aromatic carbocycles. The SMILES string of the molecule is Oc1ccc(C#CCCS)nc1. The highest BCUT2D eigenvalue weighted by Crippen LogP contribution is 2.04. The van der Waals surface area contributed by atoms with Crippen LogP contribution in [0.3, 0.4) is 0 Å². The molecule has 1 heterocycles. The molecule has 1 aromatic heterocycles. The minimum atomic E-state index is 0.162. The summed E-state index contributed by atoms with van der Waals surface area (Å²) < 4.78 is 0. The van der Waals surface area contributed by atoms with E-state index in [1.54, 1.807) is 12.1 Å². The third-order valence-electron chi connectivity index (χ3n) is 1.20. The van der Waals surface area contributed by atoms with E-state index in [-0.39, 0.29) is 5.75 Å². The van der Waals surface area contributed by atoms with Gasteiger partial charge in [0.2, 0.25) is 0 Å². The Kier molecular flexibility index (Phi) is 3.49. The van der Waals surface area contributed by atoms with Crippen LogP contribution in [-0.2, 0) is 0 Å². The number of pyridine rings is 1. The van der Waals surface area contributed by atoms with Gasteiger partial charge in [0.05, 0.1) is 6.20 Å². The highest BCUT2D eigenvalue weighted by molar-refractivity contribution is 7.80. The van der Waals surface area contributed by atoms with Crippen LogP contribution in [0.1, 0.15) is 12.1 Å². The number of thiol groups is 1. The smallest absolute Gasteiger partial charge is 0.133 e. The summed E-state index contributed by atoms with van der Waals surface area (Å²) in [5.41, 5.74) is 0.676. The van der Waals surface area contributed by atoms with Gasteiger partial charge in [-0.25, -0.2) is 4.98 Å². The third kappa shape index (κ3) is 2.85. The van der Waals surface area contributed by atoms with Crippen LogP contribution in [0.4, 0.5) is 0 Å². The molecule has 0 aliphatic heterocycles. The Morgan fingerprint density at radius 2 is 2.33 bits per heavy atom. The van der Waals surface area contributed by atoms with Crippen LogP contribution in [0, 0.1) is 11.8 Å². The Hall–Kier alpha value is -1.14. The van der Waals surface area contributed by atoms with Gasteiger partial charge in [0.1, 0.15) is 11.4 Å². The summed E-state index contributed by atoms with van der Waals surface area (Å²) in [5, 5.41) is 8.91. The van der Waals surface area contributed by atoms with Crippen LogP contribution in [0.5, 0.6) is 5.75 Å². The summed E-state index contributed by atoms with van der Waals surface area (Å²) in [7, 11) is 0. The molecule has 0 spiro atoms.